The van der Waals surface area contributed by atoms with Crippen LogP contribution in [0.5, 0.6) is 0 Å². The van der Waals surface area contributed by atoms with Crippen LogP contribution in [0.25, 0.3) is 0 Å². The molecular weight excluding hydrogens is 284 g/mol. The number of benzene rings is 1. The first-order valence-corrected chi connectivity index (χ1v) is 8.40. The van der Waals surface area contributed by atoms with Gasteiger partial charge >= 0.3 is 0 Å². The van der Waals surface area contributed by atoms with Crippen molar-refractivity contribution in [3.63, 3.8) is 0 Å². The second kappa shape index (κ2) is 7.93. The maximum absolute atomic E-state index is 11.7. The van der Waals surface area contributed by atoms with Gasteiger partial charge in [-0.25, -0.2) is 0 Å². The first-order chi connectivity index (χ1) is 11.3. The van der Waals surface area contributed by atoms with Gasteiger partial charge in [0.2, 0.25) is 0 Å². The number of hydrogen-bond donors (Lipinski definition) is 1. The fourth-order valence-electron chi connectivity index (χ4n) is 3.01. The Morgan fingerprint density at radius 1 is 1.04 bits per heavy atom. The molecule has 0 amide bonds. The lowest BCUT2D eigenvalue weighted by molar-refractivity contribution is 0.440. The third kappa shape index (κ3) is 4.67. The van der Waals surface area contributed by atoms with Crippen molar-refractivity contribution < 1.29 is 0 Å². The topological polar surface area (TPSA) is 34.0 Å². The maximum Gasteiger partial charge on any atom is 0.250 e. The third-order valence-corrected chi connectivity index (χ3v) is 4.41. The molecule has 0 saturated carbocycles. The summed E-state index contributed by atoms with van der Waals surface area (Å²) in [4.78, 5) is 11.7. The lowest BCUT2D eigenvalue weighted by Crippen LogP contribution is -2.23. The van der Waals surface area contributed by atoms with E-state index in [0.717, 1.165) is 24.6 Å². The van der Waals surface area contributed by atoms with Gasteiger partial charge < -0.3 is 9.88 Å². The van der Waals surface area contributed by atoms with Gasteiger partial charge in [0, 0.05) is 18.8 Å². The van der Waals surface area contributed by atoms with Crippen molar-refractivity contribution in [1.29, 1.82) is 0 Å². The van der Waals surface area contributed by atoms with Crippen molar-refractivity contribution in [2.75, 3.05) is 6.54 Å². The summed E-state index contributed by atoms with van der Waals surface area (Å²) in [5.74, 6) is 0.782. The predicted molar refractivity (Wildman–Crippen MR) is 94.4 cm³/mol. The first kappa shape index (κ1) is 15.8. The van der Waals surface area contributed by atoms with E-state index in [0.29, 0.717) is 6.54 Å². The molecular formula is C20H24N2O. The number of hydrogen-bond acceptors (Lipinski definition) is 2. The summed E-state index contributed by atoms with van der Waals surface area (Å²) in [6, 6.07) is 13.8. The number of aromatic nitrogens is 1. The van der Waals surface area contributed by atoms with E-state index in [9.17, 15) is 4.79 Å². The molecule has 0 aliphatic heterocycles. The zero-order valence-corrected chi connectivity index (χ0v) is 13.4. The Kier molecular flexibility index (Phi) is 5.43. The quantitative estimate of drug-likeness (QED) is 0.831. The van der Waals surface area contributed by atoms with E-state index in [-0.39, 0.29) is 5.56 Å². The average Bonchev–Trinajstić information content (AvgIpc) is 2.59. The lowest BCUT2D eigenvalue weighted by atomic mass is 9.94. The maximum atomic E-state index is 11.7. The number of allylic oxidation sites excluding steroid dienone is 2. The molecule has 3 nitrogen and oxygen atoms in total. The molecule has 1 aliphatic carbocycles. The van der Waals surface area contributed by atoms with Gasteiger partial charge in [-0.1, -0.05) is 42.5 Å². The molecule has 23 heavy (non-hydrogen) atoms. The van der Waals surface area contributed by atoms with Crippen molar-refractivity contribution in [1.82, 2.24) is 9.88 Å². The minimum absolute atomic E-state index is 0.0415. The molecule has 0 fully saturated rings. The normalized spacial score (nSPS) is 17.3. The highest BCUT2D eigenvalue weighted by Crippen LogP contribution is 2.17. The molecule has 1 aromatic carbocycles. The molecule has 3 rings (SSSR count). The van der Waals surface area contributed by atoms with Crippen LogP contribution in [-0.4, -0.2) is 11.1 Å². The number of nitrogens with zero attached hydrogens (tertiary/aromatic N) is 1. The monoisotopic (exact) mass is 308 g/mol. The van der Waals surface area contributed by atoms with Crippen LogP contribution in [0.3, 0.4) is 0 Å². The molecule has 0 bridgehead atoms. The Morgan fingerprint density at radius 2 is 1.87 bits per heavy atom. The second-order valence-corrected chi connectivity index (χ2v) is 6.26. The molecule has 2 aromatic rings. The highest BCUT2D eigenvalue weighted by Gasteiger charge is 2.08. The summed E-state index contributed by atoms with van der Waals surface area (Å²) in [7, 11) is 0. The molecule has 1 heterocycles. The standard InChI is InChI=1S/C20H24N2O/c23-20-8-4-5-13-22(20)16-19-11-9-18(10-12-19)15-21-14-17-6-2-1-3-7-17/h1-2,4-5,8-13,17,21H,3,6-7,14-16H2. The molecule has 1 aliphatic rings. The van der Waals surface area contributed by atoms with E-state index in [1.165, 1.54) is 24.8 Å². The molecule has 3 heteroatoms. The van der Waals surface area contributed by atoms with Crippen molar-refractivity contribution in [2.24, 2.45) is 5.92 Å². The van der Waals surface area contributed by atoms with Crippen LogP contribution >= 0.6 is 0 Å². The van der Waals surface area contributed by atoms with Crippen LogP contribution in [0.4, 0.5) is 0 Å². The van der Waals surface area contributed by atoms with Crippen LogP contribution in [0.15, 0.2) is 65.6 Å². The number of rotatable bonds is 6. The summed E-state index contributed by atoms with van der Waals surface area (Å²) in [5, 5.41) is 3.56. The minimum atomic E-state index is 0.0415. The number of nitrogens with one attached hydrogen (secondary N) is 1. The first-order valence-electron chi connectivity index (χ1n) is 8.40. The van der Waals surface area contributed by atoms with E-state index in [1.54, 1.807) is 16.7 Å². The highest BCUT2D eigenvalue weighted by atomic mass is 16.1. The van der Waals surface area contributed by atoms with Gasteiger partial charge in [0.1, 0.15) is 0 Å². The van der Waals surface area contributed by atoms with E-state index in [4.69, 9.17) is 0 Å². The summed E-state index contributed by atoms with van der Waals surface area (Å²) in [5.41, 5.74) is 2.49. The third-order valence-electron chi connectivity index (χ3n) is 4.41. The summed E-state index contributed by atoms with van der Waals surface area (Å²) < 4.78 is 1.73. The van der Waals surface area contributed by atoms with Crippen molar-refractivity contribution in [3.05, 3.63) is 82.3 Å². The summed E-state index contributed by atoms with van der Waals surface area (Å²) in [6.45, 7) is 2.62. The Labute approximate surface area is 137 Å². The fraction of sp³-hybridized carbons (Fsp3) is 0.350. The molecule has 1 atom stereocenters. The Bertz CT molecular complexity index is 700. The van der Waals surface area contributed by atoms with Crippen LogP contribution in [0.1, 0.15) is 30.4 Å². The molecule has 120 valence electrons. The van der Waals surface area contributed by atoms with E-state index >= 15 is 0 Å². The van der Waals surface area contributed by atoms with Crippen LogP contribution < -0.4 is 10.9 Å². The Balaban J connectivity index is 1.50. The summed E-state index contributed by atoms with van der Waals surface area (Å²) in [6.07, 6.45) is 10.1. The van der Waals surface area contributed by atoms with Gasteiger partial charge in [0.15, 0.2) is 0 Å². The van der Waals surface area contributed by atoms with Crippen LogP contribution in [-0.2, 0) is 13.1 Å². The van der Waals surface area contributed by atoms with Crippen LogP contribution in [0.2, 0.25) is 0 Å². The molecule has 1 aromatic heterocycles. The van der Waals surface area contributed by atoms with Gasteiger partial charge in [-0.3, -0.25) is 4.79 Å². The number of pyridine rings is 1. The highest BCUT2D eigenvalue weighted by molar-refractivity contribution is 5.23. The fourth-order valence-corrected chi connectivity index (χ4v) is 3.01. The van der Waals surface area contributed by atoms with Crippen molar-refractivity contribution >= 4 is 0 Å². The van der Waals surface area contributed by atoms with Gasteiger partial charge in [-0.05, 0) is 48.9 Å². The Morgan fingerprint density at radius 3 is 2.61 bits per heavy atom. The predicted octanol–water partition coefficient (Wildman–Crippen LogP) is 3.34. The molecule has 1 unspecified atom stereocenters. The van der Waals surface area contributed by atoms with Gasteiger partial charge in [0.05, 0.1) is 6.54 Å². The zero-order chi connectivity index (χ0) is 15.9. The molecule has 0 saturated heterocycles. The van der Waals surface area contributed by atoms with E-state index in [2.05, 4.69) is 41.7 Å². The molecule has 0 radical (unpaired) electrons. The SMILES string of the molecule is O=c1ccccn1Cc1ccc(CNCC2CC=CCC2)cc1. The Hall–Kier alpha value is -2.13. The van der Waals surface area contributed by atoms with Gasteiger partial charge in [-0.15, -0.1) is 0 Å². The largest absolute Gasteiger partial charge is 0.312 e. The van der Waals surface area contributed by atoms with Gasteiger partial charge in [-0.2, -0.15) is 0 Å². The van der Waals surface area contributed by atoms with Gasteiger partial charge in [0.25, 0.3) is 5.56 Å². The lowest BCUT2D eigenvalue weighted by Gasteiger charge is -2.18. The van der Waals surface area contributed by atoms with Crippen LogP contribution in [0, 0.1) is 5.92 Å². The average molecular weight is 308 g/mol. The zero-order valence-electron chi connectivity index (χ0n) is 13.4. The summed E-state index contributed by atoms with van der Waals surface area (Å²) >= 11 is 0. The minimum Gasteiger partial charge on any atom is -0.312 e. The molecule has 1 N–H and O–H groups in total. The second-order valence-electron chi connectivity index (χ2n) is 6.26. The van der Waals surface area contributed by atoms with Crippen molar-refractivity contribution in [2.45, 2.75) is 32.4 Å². The van der Waals surface area contributed by atoms with E-state index in [1.807, 2.05) is 12.3 Å². The van der Waals surface area contributed by atoms with E-state index < -0.39 is 0 Å². The van der Waals surface area contributed by atoms with Crippen molar-refractivity contribution in [3.8, 4) is 0 Å². The smallest absolute Gasteiger partial charge is 0.250 e. The molecule has 0 spiro atoms.